The van der Waals surface area contributed by atoms with Crippen LogP contribution in [0.2, 0.25) is 0 Å². The lowest BCUT2D eigenvalue weighted by Crippen LogP contribution is -2.26. The van der Waals surface area contributed by atoms with Crippen molar-refractivity contribution in [2.24, 2.45) is 0 Å². The number of hydrogen-bond acceptors (Lipinski definition) is 3. The van der Waals surface area contributed by atoms with Crippen molar-refractivity contribution in [2.75, 3.05) is 0 Å². The fraction of sp³-hybridized carbons (Fsp3) is 1.00. The van der Waals surface area contributed by atoms with E-state index in [-0.39, 0.29) is 0 Å². The zero-order valence-corrected chi connectivity index (χ0v) is 6.64. The summed E-state index contributed by atoms with van der Waals surface area (Å²) >= 11 is 0. The van der Waals surface area contributed by atoms with Gasteiger partial charge in [0.25, 0.3) is 6.43 Å². The van der Waals surface area contributed by atoms with Crippen molar-refractivity contribution in [3.05, 3.63) is 0 Å². The maximum Gasteiger partial charge on any atom is 0.506 e. The molecule has 4 nitrogen and oxygen atoms in total. The van der Waals surface area contributed by atoms with E-state index in [1.54, 1.807) is 0 Å². The lowest BCUT2D eigenvalue weighted by Gasteiger charge is -2.13. The lowest BCUT2D eigenvalue weighted by molar-refractivity contribution is -0.114. The second-order valence-corrected chi connectivity index (χ2v) is 3.06. The lowest BCUT2D eigenvalue weighted by atomic mass is 10.4. The summed E-state index contributed by atoms with van der Waals surface area (Å²) < 4.78 is 72.9. The highest BCUT2D eigenvalue weighted by Crippen LogP contribution is 2.46. The van der Waals surface area contributed by atoms with E-state index in [2.05, 4.69) is 9.25 Å². The minimum absolute atomic E-state index is 2.18. The Morgan fingerprint density at radius 2 is 1.69 bits per heavy atom. The molecule has 0 aliphatic rings. The van der Waals surface area contributed by atoms with E-state index in [9.17, 15) is 26.7 Å². The van der Waals surface area contributed by atoms with Gasteiger partial charge in [-0.1, -0.05) is 4.73 Å². The Morgan fingerprint density at radius 3 is 2.00 bits per heavy atom. The quantitative estimate of drug-likeness (QED) is 0.578. The molecule has 0 spiro atoms. The van der Waals surface area contributed by atoms with Crippen LogP contribution >= 0.6 is 7.82 Å². The summed E-state index contributed by atoms with van der Waals surface area (Å²) in [6.07, 6.45) is -10.6. The van der Waals surface area contributed by atoms with E-state index >= 15 is 0 Å². The van der Waals surface area contributed by atoms with Crippen molar-refractivity contribution in [1.82, 2.24) is 0 Å². The van der Waals surface area contributed by atoms with Gasteiger partial charge in [0.2, 0.25) is 12.5 Å². The Labute approximate surface area is 68.8 Å². The summed E-state index contributed by atoms with van der Waals surface area (Å²) in [7, 11) is -5.44. The van der Waals surface area contributed by atoms with Gasteiger partial charge in [-0.25, -0.2) is 26.7 Å². The highest BCUT2D eigenvalue weighted by Gasteiger charge is 2.37. The highest BCUT2D eigenvalue weighted by atomic mass is 31.2. The van der Waals surface area contributed by atoms with Gasteiger partial charge < -0.3 is 4.89 Å². The predicted octanol–water partition coefficient (Wildman–Crippen LogP) is 1.90. The standard InChI is InChI=1S/C3H4F5O4P/c4-1(2(5)6)3(7)11-13(9,10)12-8/h1-3H,(H,9,10). The molecule has 0 aromatic rings. The first-order valence-corrected chi connectivity index (χ1v) is 4.17. The number of rotatable bonds is 5. The molecule has 80 valence electrons. The Kier molecular flexibility index (Phi) is 4.76. The number of alkyl halides is 4. The highest BCUT2D eigenvalue weighted by molar-refractivity contribution is 7.47. The molecular weight excluding hydrogens is 226 g/mol. The maximum atomic E-state index is 12.1. The van der Waals surface area contributed by atoms with Crippen LogP contribution in [0.1, 0.15) is 0 Å². The van der Waals surface area contributed by atoms with Crippen molar-refractivity contribution in [1.29, 1.82) is 0 Å². The van der Waals surface area contributed by atoms with Gasteiger partial charge in [0.05, 0.1) is 0 Å². The summed E-state index contributed by atoms with van der Waals surface area (Å²) in [5.74, 6) is 0. The van der Waals surface area contributed by atoms with Gasteiger partial charge in [-0.2, -0.15) is 0 Å². The van der Waals surface area contributed by atoms with Crippen molar-refractivity contribution >= 4 is 7.82 Å². The zero-order valence-electron chi connectivity index (χ0n) is 5.74. The van der Waals surface area contributed by atoms with E-state index in [4.69, 9.17) is 4.89 Å². The van der Waals surface area contributed by atoms with Crippen LogP contribution < -0.4 is 0 Å². The van der Waals surface area contributed by atoms with Gasteiger partial charge in [-0.3, -0.25) is 0 Å². The molecule has 0 aliphatic heterocycles. The van der Waals surface area contributed by atoms with Crippen molar-refractivity contribution in [3.8, 4) is 0 Å². The van der Waals surface area contributed by atoms with Crippen LogP contribution in [-0.4, -0.2) is 23.8 Å². The Morgan fingerprint density at radius 1 is 1.23 bits per heavy atom. The molecule has 0 amide bonds. The predicted molar refractivity (Wildman–Crippen MR) is 28.9 cm³/mol. The summed E-state index contributed by atoms with van der Waals surface area (Å²) in [4.78, 5) is 8.01. The van der Waals surface area contributed by atoms with Gasteiger partial charge in [0, 0.05) is 0 Å². The molecule has 0 saturated heterocycles. The molecule has 0 fully saturated rings. The third-order valence-corrected chi connectivity index (χ3v) is 1.45. The van der Waals surface area contributed by atoms with Crippen molar-refractivity contribution in [3.63, 3.8) is 0 Å². The average molecular weight is 230 g/mol. The first-order valence-electron chi connectivity index (χ1n) is 2.68. The minimum atomic E-state index is -5.44. The SMILES string of the molecule is O=P(O)(OF)OC(F)C(F)C(F)F. The number of hydrogen-bond donors (Lipinski definition) is 1. The van der Waals surface area contributed by atoms with Crippen molar-refractivity contribution in [2.45, 2.75) is 19.0 Å². The maximum absolute atomic E-state index is 12.1. The molecule has 0 saturated carbocycles. The van der Waals surface area contributed by atoms with E-state index in [1.807, 2.05) is 0 Å². The molecule has 0 rings (SSSR count). The van der Waals surface area contributed by atoms with Gasteiger partial charge >= 0.3 is 7.82 Å². The van der Waals surface area contributed by atoms with Crippen LogP contribution in [0, 0.1) is 0 Å². The molecule has 0 aliphatic carbocycles. The van der Waals surface area contributed by atoms with E-state index in [0.29, 0.717) is 0 Å². The third kappa shape index (κ3) is 4.51. The molecule has 1 N–H and O–H groups in total. The minimum Gasteiger partial charge on any atom is -0.301 e. The van der Waals surface area contributed by atoms with Crippen LogP contribution in [0.3, 0.4) is 0 Å². The Bertz CT molecular complexity index is 200. The molecule has 3 atom stereocenters. The molecule has 0 heterocycles. The van der Waals surface area contributed by atoms with Crippen molar-refractivity contribution < 1.29 is 40.8 Å². The number of phosphoric acid groups is 1. The molecular formula is C3H4F5O4P. The van der Waals surface area contributed by atoms with Crippen LogP contribution in [0.25, 0.3) is 0 Å². The molecule has 0 aromatic carbocycles. The Balaban J connectivity index is 4.15. The van der Waals surface area contributed by atoms with Crippen LogP contribution in [0.15, 0.2) is 0 Å². The van der Waals surface area contributed by atoms with Crippen LogP contribution in [-0.2, 0) is 13.8 Å². The van der Waals surface area contributed by atoms with Crippen LogP contribution in [0.4, 0.5) is 22.1 Å². The normalized spacial score (nSPS) is 21.2. The summed E-state index contributed by atoms with van der Waals surface area (Å²) in [6.45, 7) is 0. The topological polar surface area (TPSA) is 55.8 Å². The second kappa shape index (κ2) is 4.85. The largest absolute Gasteiger partial charge is 0.506 e. The summed E-state index contributed by atoms with van der Waals surface area (Å²) in [6, 6.07) is 0. The Hall–Kier alpha value is -0.240. The molecule has 10 heteroatoms. The first-order chi connectivity index (χ1) is 5.80. The molecule has 13 heavy (non-hydrogen) atoms. The van der Waals surface area contributed by atoms with Gasteiger partial charge in [0.15, 0.2) is 0 Å². The van der Waals surface area contributed by atoms with Gasteiger partial charge in [0.1, 0.15) is 0 Å². The smallest absolute Gasteiger partial charge is 0.301 e. The second-order valence-electron chi connectivity index (χ2n) is 1.77. The van der Waals surface area contributed by atoms with E-state index < -0.39 is 26.8 Å². The van der Waals surface area contributed by atoms with E-state index in [0.717, 1.165) is 0 Å². The third-order valence-electron chi connectivity index (χ3n) is 0.812. The summed E-state index contributed by atoms with van der Waals surface area (Å²) in [5, 5.41) is 0. The first kappa shape index (κ1) is 12.8. The average Bonchev–Trinajstić information content (AvgIpc) is 2.02. The van der Waals surface area contributed by atoms with Gasteiger partial charge in [-0.05, 0) is 4.53 Å². The molecule has 0 radical (unpaired) electrons. The van der Waals surface area contributed by atoms with Gasteiger partial charge in [-0.15, -0.1) is 0 Å². The van der Waals surface area contributed by atoms with E-state index in [1.165, 1.54) is 0 Å². The fourth-order valence-electron chi connectivity index (χ4n) is 0.316. The molecule has 0 aromatic heterocycles. The van der Waals surface area contributed by atoms with Crippen LogP contribution in [0.5, 0.6) is 0 Å². The monoisotopic (exact) mass is 230 g/mol. The molecule has 3 unspecified atom stereocenters. The fourth-order valence-corrected chi connectivity index (χ4v) is 0.719. The molecule has 0 bridgehead atoms. The zero-order chi connectivity index (χ0) is 10.6. The number of halogens is 5. The summed E-state index contributed by atoms with van der Waals surface area (Å²) in [5.41, 5.74) is 0. The number of phosphoric ester groups is 1.